The fourth-order valence-corrected chi connectivity index (χ4v) is 4.75. The van der Waals surface area contributed by atoms with Crippen LogP contribution in [0.2, 0.25) is 0 Å². The second-order valence-electron chi connectivity index (χ2n) is 8.41. The first-order valence-corrected chi connectivity index (χ1v) is 12.1. The number of fused-ring (bicyclic) bond motifs is 1. The molecule has 5 heteroatoms. The molecule has 0 amide bonds. The maximum absolute atomic E-state index is 13.6. The van der Waals surface area contributed by atoms with Crippen molar-refractivity contribution in [2.75, 3.05) is 6.61 Å². The van der Waals surface area contributed by atoms with Crippen LogP contribution in [0.25, 0.3) is 0 Å². The summed E-state index contributed by atoms with van der Waals surface area (Å²) in [7, 11) is 0. The first-order chi connectivity index (χ1) is 15.6. The number of carbonyl (C=O) groups excluding carboxylic acids is 1. The molecule has 4 nitrogen and oxygen atoms in total. The molecular weight excluding hydrogens is 515 g/mol. The predicted molar refractivity (Wildman–Crippen MR) is 131 cm³/mol. The lowest BCUT2D eigenvalue weighted by atomic mass is 9.81. The van der Waals surface area contributed by atoms with Gasteiger partial charge in [-0.2, -0.15) is 0 Å². The van der Waals surface area contributed by atoms with Gasteiger partial charge < -0.3 is 14.2 Å². The number of halogens is 1. The molecule has 0 aromatic heterocycles. The summed E-state index contributed by atoms with van der Waals surface area (Å²) in [6.07, 6.45) is 2.53. The number of carbonyl (C=O) groups is 1. The molecule has 3 aromatic rings. The highest BCUT2D eigenvalue weighted by Crippen LogP contribution is 2.44. The normalized spacial score (nSPS) is 22.7. The number of ether oxygens (including phenoxy) is 3. The van der Waals surface area contributed by atoms with E-state index in [1.807, 2.05) is 73.7 Å². The van der Waals surface area contributed by atoms with Crippen LogP contribution in [0.3, 0.4) is 0 Å². The Hall–Kier alpha value is -2.38. The maximum atomic E-state index is 13.6. The Labute approximate surface area is 202 Å². The molecule has 0 N–H and O–H groups in total. The lowest BCUT2D eigenvalue weighted by Crippen LogP contribution is -2.30. The van der Waals surface area contributed by atoms with Crippen LogP contribution in [0, 0.1) is 10.5 Å². The number of hydrogen-bond acceptors (Lipinski definition) is 4. The standard InChI is InChI=1S/C27H25IO4/c1-17-5-14-22-23(16-17)32-27(19-6-10-20(28)11-7-19)25(26(22)29)18-8-12-21(13-9-18)31-24-4-2-3-15-30-24/h5-14,16,24-25,27H,2-4,15H2,1H3. The zero-order valence-electron chi connectivity index (χ0n) is 17.9. The molecule has 32 heavy (non-hydrogen) atoms. The Morgan fingerprint density at radius 1 is 0.938 bits per heavy atom. The molecule has 0 saturated carbocycles. The van der Waals surface area contributed by atoms with Crippen LogP contribution in [0.4, 0.5) is 0 Å². The Bertz CT molecular complexity index is 1100. The largest absolute Gasteiger partial charge is 0.484 e. The molecule has 0 radical (unpaired) electrons. The van der Waals surface area contributed by atoms with E-state index in [1.165, 1.54) is 0 Å². The van der Waals surface area contributed by atoms with Gasteiger partial charge in [-0.1, -0.05) is 30.3 Å². The Morgan fingerprint density at radius 2 is 1.69 bits per heavy atom. The second kappa shape index (κ2) is 9.24. The van der Waals surface area contributed by atoms with Crippen molar-refractivity contribution in [3.63, 3.8) is 0 Å². The molecule has 2 aliphatic rings. The van der Waals surface area contributed by atoms with Gasteiger partial charge in [0, 0.05) is 9.99 Å². The average molecular weight is 540 g/mol. The minimum absolute atomic E-state index is 0.0825. The Morgan fingerprint density at radius 3 is 2.41 bits per heavy atom. The molecule has 3 aromatic carbocycles. The van der Waals surface area contributed by atoms with E-state index in [0.717, 1.165) is 51.9 Å². The van der Waals surface area contributed by atoms with E-state index in [2.05, 4.69) is 22.6 Å². The van der Waals surface area contributed by atoms with Crippen LogP contribution in [0.1, 0.15) is 58.3 Å². The van der Waals surface area contributed by atoms with Crippen molar-refractivity contribution in [2.24, 2.45) is 0 Å². The quantitative estimate of drug-likeness (QED) is 0.350. The van der Waals surface area contributed by atoms with Crippen molar-refractivity contribution in [1.29, 1.82) is 0 Å². The second-order valence-corrected chi connectivity index (χ2v) is 9.66. The minimum atomic E-state index is -0.426. The number of aryl methyl sites for hydroxylation is 1. The van der Waals surface area contributed by atoms with E-state index in [0.29, 0.717) is 11.3 Å². The molecule has 2 heterocycles. The number of ketones is 1. The third kappa shape index (κ3) is 4.41. The van der Waals surface area contributed by atoms with Crippen LogP contribution in [-0.4, -0.2) is 18.7 Å². The van der Waals surface area contributed by atoms with E-state index in [1.54, 1.807) is 0 Å². The maximum Gasteiger partial charge on any atom is 0.199 e. The fourth-order valence-electron chi connectivity index (χ4n) is 4.39. The van der Waals surface area contributed by atoms with Gasteiger partial charge in [0.15, 0.2) is 12.1 Å². The van der Waals surface area contributed by atoms with Crippen molar-refractivity contribution >= 4 is 28.4 Å². The van der Waals surface area contributed by atoms with Gasteiger partial charge in [-0.15, -0.1) is 0 Å². The summed E-state index contributed by atoms with van der Waals surface area (Å²) in [5, 5.41) is 0. The SMILES string of the molecule is Cc1ccc2c(c1)OC(c1ccc(I)cc1)C(c1ccc(OC3CCCCO3)cc1)C2=O. The van der Waals surface area contributed by atoms with Crippen LogP contribution in [-0.2, 0) is 4.74 Å². The summed E-state index contributed by atoms with van der Waals surface area (Å²) in [4.78, 5) is 13.6. The Kier molecular flexibility index (Phi) is 6.20. The van der Waals surface area contributed by atoms with Gasteiger partial charge >= 0.3 is 0 Å². The summed E-state index contributed by atoms with van der Waals surface area (Å²) in [5.41, 5.74) is 3.62. The monoisotopic (exact) mass is 540 g/mol. The van der Waals surface area contributed by atoms with E-state index >= 15 is 0 Å². The fraction of sp³-hybridized carbons (Fsp3) is 0.296. The number of Topliss-reactive ketones (excluding diaryl/α,β-unsaturated/α-hetero) is 1. The molecule has 1 saturated heterocycles. The van der Waals surface area contributed by atoms with Gasteiger partial charge in [0.1, 0.15) is 17.6 Å². The number of hydrogen-bond donors (Lipinski definition) is 0. The lowest BCUT2D eigenvalue weighted by molar-refractivity contribution is -0.105. The van der Waals surface area contributed by atoms with Gasteiger partial charge in [0.05, 0.1) is 18.1 Å². The Balaban J connectivity index is 1.48. The van der Waals surface area contributed by atoms with Crippen LogP contribution < -0.4 is 9.47 Å². The van der Waals surface area contributed by atoms with Crippen LogP contribution in [0.15, 0.2) is 66.7 Å². The van der Waals surface area contributed by atoms with Gasteiger partial charge in [-0.05, 0) is 95.4 Å². The molecule has 164 valence electrons. The molecule has 0 bridgehead atoms. The molecular formula is C27H25IO4. The van der Waals surface area contributed by atoms with Crippen molar-refractivity contribution in [1.82, 2.24) is 0 Å². The summed E-state index contributed by atoms with van der Waals surface area (Å²) >= 11 is 2.29. The summed E-state index contributed by atoms with van der Waals surface area (Å²) in [6.45, 7) is 2.75. The highest BCUT2D eigenvalue weighted by atomic mass is 127. The first-order valence-electron chi connectivity index (χ1n) is 11.0. The minimum Gasteiger partial charge on any atom is -0.484 e. The molecule has 2 aliphatic heterocycles. The van der Waals surface area contributed by atoms with E-state index < -0.39 is 5.92 Å². The third-order valence-corrected chi connectivity index (χ3v) is 6.80. The summed E-state index contributed by atoms with van der Waals surface area (Å²) in [5.74, 6) is 1.07. The third-order valence-electron chi connectivity index (χ3n) is 6.08. The highest BCUT2D eigenvalue weighted by molar-refractivity contribution is 14.1. The predicted octanol–water partition coefficient (Wildman–Crippen LogP) is 6.61. The van der Waals surface area contributed by atoms with Gasteiger partial charge in [-0.25, -0.2) is 0 Å². The summed E-state index contributed by atoms with van der Waals surface area (Å²) < 4.78 is 19.3. The van der Waals surface area contributed by atoms with Crippen LogP contribution >= 0.6 is 22.6 Å². The molecule has 3 atom stereocenters. The van der Waals surface area contributed by atoms with Gasteiger partial charge in [0.2, 0.25) is 0 Å². The van der Waals surface area contributed by atoms with Crippen LogP contribution in [0.5, 0.6) is 11.5 Å². The molecule has 5 rings (SSSR count). The van der Waals surface area contributed by atoms with E-state index in [4.69, 9.17) is 14.2 Å². The van der Waals surface area contributed by atoms with Crippen molar-refractivity contribution in [3.8, 4) is 11.5 Å². The first kappa shape index (κ1) is 21.5. The smallest absolute Gasteiger partial charge is 0.199 e. The topological polar surface area (TPSA) is 44.8 Å². The highest BCUT2D eigenvalue weighted by Gasteiger charge is 2.39. The zero-order chi connectivity index (χ0) is 22.1. The molecule has 1 fully saturated rings. The average Bonchev–Trinajstić information content (AvgIpc) is 2.81. The lowest BCUT2D eigenvalue weighted by Gasteiger charge is -2.33. The van der Waals surface area contributed by atoms with E-state index in [-0.39, 0.29) is 18.2 Å². The van der Waals surface area contributed by atoms with Crippen molar-refractivity contribution < 1.29 is 19.0 Å². The number of benzene rings is 3. The molecule has 0 spiro atoms. The number of rotatable bonds is 4. The molecule has 0 aliphatic carbocycles. The van der Waals surface area contributed by atoms with Crippen molar-refractivity contribution in [3.05, 3.63) is 92.6 Å². The van der Waals surface area contributed by atoms with Gasteiger partial charge in [-0.3, -0.25) is 4.79 Å². The van der Waals surface area contributed by atoms with Crippen molar-refractivity contribution in [2.45, 2.75) is 44.5 Å². The van der Waals surface area contributed by atoms with Gasteiger partial charge in [0.25, 0.3) is 0 Å². The van der Waals surface area contributed by atoms with E-state index in [9.17, 15) is 4.79 Å². The summed E-state index contributed by atoms with van der Waals surface area (Å²) in [6, 6.07) is 21.8. The zero-order valence-corrected chi connectivity index (χ0v) is 20.1. The molecule has 3 unspecified atom stereocenters.